The van der Waals surface area contributed by atoms with Crippen molar-refractivity contribution in [2.24, 2.45) is 0 Å². The number of hydrogen-bond acceptors (Lipinski definition) is 2. The lowest BCUT2D eigenvalue weighted by molar-refractivity contribution is 0.217. The predicted molar refractivity (Wildman–Crippen MR) is 105 cm³/mol. The highest BCUT2D eigenvalue weighted by Gasteiger charge is 2.27. The van der Waals surface area contributed by atoms with E-state index in [0.29, 0.717) is 5.75 Å². The summed E-state index contributed by atoms with van der Waals surface area (Å²) in [5, 5.41) is 10.4. The van der Waals surface area contributed by atoms with Gasteiger partial charge in [0.15, 0.2) is 0 Å². The van der Waals surface area contributed by atoms with Gasteiger partial charge in [-0.3, -0.25) is 4.90 Å². The van der Waals surface area contributed by atoms with E-state index >= 15 is 0 Å². The maximum atomic E-state index is 10.4. The fourth-order valence-corrected chi connectivity index (χ4v) is 4.00. The minimum absolute atomic E-state index is 0.202. The third-order valence-corrected chi connectivity index (χ3v) is 5.36. The molecule has 4 rings (SSSR count). The Morgan fingerprint density at radius 1 is 0.962 bits per heavy atom. The lowest BCUT2D eigenvalue weighted by atomic mass is 9.99. The fourth-order valence-electron chi connectivity index (χ4n) is 4.00. The van der Waals surface area contributed by atoms with Crippen molar-refractivity contribution in [2.75, 3.05) is 6.54 Å². The summed E-state index contributed by atoms with van der Waals surface area (Å²) in [4.78, 5) is 2.50. The second kappa shape index (κ2) is 7.00. The second-order valence-electron chi connectivity index (χ2n) is 7.40. The van der Waals surface area contributed by atoms with Gasteiger partial charge in [0.1, 0.15) is 5.75 Å². The quantitative estimate of drug-likeness (QED) is 0.737. The third kappa shape index (κ3) is 3.27. The Morgan fingerprint density at radius 2 is 1.73 bits per heavy atom. The van der Waals surface area contributed by atoms with Gasteiger partial charge in [-0.15, -0.1) is 0 Å². The van der Waals surface area contributed by atoms with Crippen LogP contribution in [-0.4, -0.2) is 21.1 Å². The van der Waals surface area contributed by atoms with Gasteiger partial charge in [-0.1, -0.05) is 47.5 Å². The van der Waals surface area contributed by atoms with Crippen LogP contribution in [0, 0.1) is 13.8 Å². The van der Waals surface area contributed by atoms with Crippen LogP contribution in [0.25, 0.3) is 0 Å². The molecule has 2 heterocycles. The molecule has 26 heavy (non-hydrogen) atoms. The molecule has 3 nitrogen and oxygen atoms in total. The zero-order valence-electron chi connectivity index (χ0n) is 15.5. The maximum Gasteiger partial charge on any atom is 0.120 e. The van der Waals surface area contributed by atoms with Gasteiger partial charge in [0, 0.05) is 37.1 Å². The van der Waals surface area contributed by atoms with E-state index in [1.807, 2.05) is 12.1 Å². The second-order valence-corrected chi connectivity index (χ2v) is 7.40. The van der Waals surface area contributed by atoms with Crippen molar-refractivity contribution < 1.29 is 5.11 Å². The molecule has 0 saturated carbocycles. The smallest absolute Gasteiger partial charge is 0.120 e. The maximum absolute atomic E-state index is 10.4. The molecular weight excluding hydrogens is 320 g/mol. The van der Waals surface area contributed by atoms with E-state index < -0.39 is 0 Å². The molecule has 0 radical (unpaired) electrons. The molecule has 2 aromatic carbocycles. The van der Waals surface area contributed by atoms with Gasteiger partial charge in [-0.2, -0.15) is 0 Å². The Kier molecular flexibility index (Phi) is 4.56. The van der Waals surface area contributed by atoms with Crippen molar-refractivity contribution >= 4 is 0 Å². The van der Waals surface area contributed by atoms with E-state index in [1.54, 1.807) is 0 Å². The summed E-state index contributed by atoms with van der Waals surface area (Å²) in [5.74, 6) is 0.387. The summed E-state index contributed by atoms with van der Waals surface area (Å²) < 4.78 is 2.38. The number of fused-ring (bicyclic) bond motifs is 1. The molecule has 3 aromatic rings. The van der Waals surface area contributed by atoms with Crippen molar-refractivity contribution in [1.82, 2.24) is 9.47 Å². The first-order valence-electron chi connectivity index (χ1n) is 9.36. The molecule has 1 aromatic heterocycles. The Bertz CT molecular complexity index is 895. The minimum Gasteiger partial charge on any atom is -0.508 e. The molecule has 0 aliphatic carbocycles. The summed E-state index contributed by atoms with van der Waals surface area (Å²) in [6.07, 6.45) is 3.29. The van der Waals surface area contributed by atoms with Crippen LogP contribution in [0.5, 0.6) is 5.75 Å². The number of phenolic OH excluding ortho intramolecular Hbond substituents is 1. The summed E-state index contributed by atoms with van der Waals surface area (Å²) in [7, 11) is 0. The van der Waals surface area contributed by atoms with E-state index in [0.717, 1.165) is 31.6 Å². The number of aromatic hydroxyl groups is 1. The van der Waals surface area contributed by atoms with Gasteiger partial charge in [-0.05, 0) is 44.0 Å². The molecule has 0 saturated heterocycles. The van der Waals surface area contributed by atoms with Crippen molar-refractivity contribution in [3.8, 4) is 5.75 Å². The zero-order valence-corrected chi connectivity index (χ0v) is 15.5. The van der Waals surface area contributed by atoms with Crippen LogP contribution in [0.1, 0.15) is 40.4 Å². The summed E-state index contributed by atoms with van der Waals surface area (Å²) in [6.45, 7) is 7.00. The van der Waals surface area contributed by atoms with Gasteiger partial charge in [-0.25, -0.2) is 0 Å². The first kappa shape index (κ1) is 16.9. The standard InChI is InChI=1S/C23H26N2O/c1-17-6-9-19(10-7-17)23-21-5-3-12-24(21)13-4-14-25(23)16-20-15-18(2)8-11-22(20)26/h3,5-12,15,23,26H,4,13-14,16H2,1-2H3/t23-/m0/s1. The number of hydrogen-bond donors (Lipinski definition) is 1. The van der Waals surface area contributed by atoms with E-state index in [4.69, 9.17) is 0 Å². The Morgan fingerprint density at radius 3 is 2.54 bits per heavy atom. The summed E-state index contributed by atoms with van der Waals surface area (Å²) in [6, 6.07) is 19.3. The molecule has 1 N–H and O–H groups in total. The van der Waals surface area contributed by atoms with Gasteiger partial charge in [0.05, 0.1) is 6.04 Å². The van der Waals surface area contributed by atoms with E-state index in [9.17, 15) is 5.11 Å². The topological polar surface area (TPSA) is 28.4 Å². The Balaban J connectivity index is 1.75. The van der Waals surface area contributed by atoms with Gasteiger partial charge >= 0.3 is 0 Å². The summed E-state index contributed by atoms with van der Waals surface area (Å²) >= 11 is 0. The van der Waals surface area contributed by atoms with Crippen LogP contribution in [0.3, 0.4) is 0 Å². The Hall–Kier alpha value is -2.52. The largest absolute Gasteiger partial charge is 0.508 e. The predicted octanol–water partition coefficient (Wildman–Crippen LogP) is 4.81. The molecule has 134 valence electrons. The van der Waals surface area contributed by atoms with Crippen molar-refractivity contribution in [3.05, 3.63) is 88.7 Å². The number of phenols is 1. The number of aryl methyl sites for hydroxylation is 3. The van der Waals surface area contributed by atoms with Crippen molar-refractivity contribution in [3.63, 3.8) is 0 Å². The molecule has 0 unspecified atom stereocenters. The number of nitrogens with zero attached hydrogens (tertiary/aromatic N) is 2. The van der Waals surface area contributed by atoms with Crippen LogP contribution in [0.15, 0.2) is 60.8 Å². The van der Waals surface area contributed by atoms with Crippen LogP contribution >= 0.6 is 0 Å². The highest BCUT2D eigenvalue weighted by Crippen LogP contribution is 2.34. The molecule has 0 spiro atoms. The fraction of sp³-hybridized carbons (Fsp3) is 0.304. The molecular formula is C23H26N2O. The highest BCUT2D eigenvalue weighted by molar-refractivity contribution is 5.37. The number of benzene rings is 2. The van der Waals surface area contributed by atoms with Crippen LogP contribution in [0.2, 0.25) is 0 Å². The van der Waals surface area contributed by atoms with E-state index in [-0.39, 0.29) is 6.04 Å². The van der Waals surface area contributed by atoms with Gasteiger partial charge in [0.2, 0.25) is 0 Å². The molecule has 1 aliphatic rings. The zero-order chi connectivity index (χ0) is 18.1. The van der Waals surface area contributed by atoms with Crippen LogP contribution in [-0.2, 0) is 13.1 Å². The minimum atomic E-state index is 0.202. The lowest BCUT2D eigenvalue weighted by Gasteiger charge is -2.31. The SMILES string of the molecule is Cc1ccc([C@H]2c3cccn3CCCN2Cc2cc(C)ccc2O)cc1. The monoisotopic (exact) mass is 346 g/mol. The van der Waals surface area contributed by atoms with Crippen molar-refractivity contribution in [2.45, 2.75) is 39.4 Å². The molecule has 0 fully saturated rings. The first-order chi connectivity index (χ1) is 12.6. The number of rotatable bonds is 3. The van der Waals surface area contributed by atoms with Crippen LogP contribution < -0.4 is 0 Å². The molecule has 1 atom stereocenters. The first-order valence-corrected chi connectivity index (χ1v) is 9.36. The molecule has 0 bridgehead atoms. The average molecular weight is 346 g/mol. The molecule has 0 amide bonds. The molecule has 1 aliphatic heterocycles. The highest BCUT2D eigenvalue weighted by atomic mass is 16.3. The van der Waals surface area contributed by atoms with Gasteiger partial charge in [0.25, 0.3) is 0 Å². The van der Waals surface area contributed by atoms with E-state index in [1.165, 1.54) is 22.4 Å². The number of aromatic nitrogens is 1. The van der Waals surface area contributed by atoms with Gasteiger partial charge < -0.3 is 9.67 Å². The molecule has 3 heteroatoms. The third-order valence-electron chi connectivity index (χ3n) is 5.36. The Labute approximate surface area is 155 Å². The van der Waals surface area contributed by atoms with E-state index in [2.05, 4.69) is 72.0 Å². The summed E-state index contributed by atoms with van der Waals surface area (Å²) in [5.41, 5.74) is 6.11. The normalized spacial score (nSPS) is 17.7. The van der Waals surface area contributed by atoms with Crippen molar-refractivity contribution in [1.29, 1.82) is 0 Å². The average Bonchev–Trinajstić information content (AvgIpc) is 3.01. The lowest BCUT2D eigenvalue weighted by Crippen LogP contribution is -2.29. The van der Waals surface area contributed by atoms with Crippen LogP contribution in [0.4, 0.5) is 0 Å².